The fourth-order valence-electron chi connectivity index (χ4n) is 4.19. The zero-order chi connectivity index (χ0) is 33.1. The summed E-state index contributed by atoms with van der Waals surface area (Å²) in [5.74, 6) is 0.450. The minimum Gasteiger partial charge on any atom is -0.414 e. The van der Waals surface area contributed by atoms with E-state index in [1.165, 1.54) is 0 Å². The summed E-state index contributed by atoms with van der Waals surface area (Å²) < 4.78 is 30.1. The second-order valence-corrected chi connectivity index (χ2v) is 31.3. The van der Waals surface area contributed by atoms with Gasteiger partial charge >= 0.3 is 0 Å². The molecule has 1 N–H and O–H groups in total. The number of anilines is 1. The van der Waals surface area contributed by atoms with Crippen LogP contribution in [0.1, 0.15) is 68.5 Å². The van der Waals surface area contributed by atoms with Crippen molar-refractivity contribution in [1.82, 2.24) is 19.5 Å². The van der Waals surface area contributed by atoms with E-state index in [1.807, 2.05) is 18.7 Å². The lowest BCUT2D eigenvalue weighted by molar-refractivity contribution is -0.0470. The summed E-state index contributed by atoms with van der Waals surface area (Å²) in [5, 5.41) is -0.0141. The van der Waals surface area contributed by atoms with Crippen molar-refractivity contribution in [3.63, 3.8) is 0 Å². The molecule has 4 atom stereocenters. The first-order chi connectivity index (χ1) is 19.2. The van der Waals surface area contributed by atoms with Gasteiger partial charge < -0.3 is 22.9 Å². The number of aromatic nitrogens is 4. The first-order valence-corrected chi connectivity index (χ1v) is 24.2. The predicted molar refractivity (Wildman–Crippen MR) is 184 cm³/mol. The van der Waals surface area contributed by atoms with E-state index in [1.54, 1.807) is 11.2 Å². The van der Waals surface area contributed by atoms with Crippen molar-refractivity contribution in [2.24, 2.45) is 0 Å². The summed E-state index contributed by atoms with van der Waals surface area (Å²) in [6.45, 7) is 34.2. The van der Waals surface area contributed by atoms with Gasteiger partial charge in [-0.05, 0) is 54.4 Å². The molecule has 0 aliphatic carbocycles. The summed E-state index contributed by atoms with van der Waals surface area (Å²) in [5.41, 5.74) is 0.431. The van der Waals surface area contributed by atoms with E-state index < -0.39 is 37.3 Å². The SMILES string of the molecule is CN(C)c1nc2c(ncn2[C@@H]2O[C@H](CO[Si](C)(C)C(C)(C)C)[C@@H](O[Si](C)(C)C(C)(C)C)[C@H]2O[Si](C)(C)C(C)(C)C)c(=O)[nH]1. The van der Waals surface area contributed by atoms with Crippen LogP contribution in [0.4, 0.5) is 5.95 Å². The van der Waals surface area contributed by atoms with Crippen LogP contribution in [-0.2, 0) is 18.0 Å². The molecule has 0 saturated carbocycles. The van der Waals surface area contributed by atoms with Crippen LogP contribution in [0.5, 0.6) is 0 Å². The van der Waals surface area contributed by atoms with Gasteiger partial charge in [-0.2, -0.15) is 4.98 Å². The number of hydrogen-bond acceptors (Lipinski definition) is 8. The van der Waals surface area contributed by atoms with E-state index in [0.717, 1.165) is 0 Å². The molecule has 10 nitrogen and oxygen atoms in total. The molecule has 1 aliphatic rings. The molecule has 1 fully saturated rings. The zero-order valence-corrected chi connectivity index (χ0v) is 32.9. The smallest absolute Gasteiger partial charge is 0.280 e. The lowest BCUT2D eigenvalue weighted by atomic mass is 10.1. The maximum absolute atomic E-state index is 13.0. The number of hydrogen-bond donors (Lipinski definition) is 1. The first kappa shape index (κ1) is 36.1. The first-order valence-electron chi connectivity index (χ1n) is 15.5. The van der Waals surface area contributed by atoms with Crippen LogP contribution in [0.2, 0.25) is 54.4 Å². The van der Waals surface area contributed by atoms with Gasteiger partial charge in [-0.15, -0.1) is 0 Å². The Hall–Kier alpha value is -1.36. The number of aromatic amines is 1. The van der Waals surface area contributed by atoms with Crippen LogP contribution in [0.15, 0.2) is 11.1 Å². The maximum atomic E-state index is 13.0. The number of fused-ring (bicyclic) bond motifs is 1. The molecule has 246 valence electrons. The highest BCUT2D eigenvalue weighted by Crippen LogP contribution is 2.46. The summed E-state index contributed by atoms with van der Waals surface area (Å²) in [6.07, 6.45) is -0.164. The van der Waals surface area contributed by atoms with E-state index in [0.29, 0.717) is 18.2 Å². The molecule has 0 radical (unpaired) electrons. The number of nitrogens with zero attached hydrogens (tertiary/aromatic N) is 4. The molecule has 0 bridgehead atoms. The van der Waals surface area contributed by atoms with Gasteiger partial charge in [-0.25, -0.2) is 4.98 Å². The summed E-state index contributed by atoms with van der Waals surface area (Å²) >= 11 is 0. The Morgan fingerprint density at radius 1 is 0.860 bits per heavy atom. The topological polar surface area (TPSA) is 104 Å². The largest absolute Gasteiger partial charge is 0.414 e. The minimum absolute atomic E-state index is 0.0192. The third kappa shape index (κ3) is 7.39. The van der Waals surface area contributed by atoms with Crippen LogP contribution in [0, 0.1) is 0 Å². The molecule has 0 spiro atoms. The maximum Gasteiger partial charge on any atom is 0.280 e. The molecule has 1 aliphatic heterocycles. The Balaban J connectivity index is 2.22. The Morgan fingerprint density at radius 2 is 1.35 bits per heavy atom. The van der Waals surface area contributed by atoms with Gasteiger partial charge in [0.25, 0.3) is 5.56 Å². The Labute approximate surface area is 262 Å². The zero-order valence-electron chi connectivity index (χ0n) is 29.9. The molecule has 0 amide bonds. The summed E-state index contributed by atoms with van der Waals surface area (Å²) in [6, 6.07) is 0. The number of rotatable bonds is 9. The highest BCUT2D eigenvalue weighted by atomic mass is 28.4. The third-order valence-corrected chi connectivity index (χ3v) is 23.7. The van der Waals surface area contributed by atoms with Crippen LogP contribution in [-0.4, -0.2) is 83.5 Å². The fraction of sp³-hybridized carbons (Fsp3) is 0.833. The lowest BCUT2D eigenvalue weighted by Gasteiger charge is -2.44. The molecule has 2 aromatic rings. The van der Waals surface area contributed by atoms with Crippen LogP contribution in [0.25, 0.3) is 11.2 Å². The van der Waals surface area contributed by atoms with Gasteiger partial charge in [0.05, 0.1) is 12.9 Å². The Bertz CT molecular complexity index is 1330. The average molecular weight is 654 g/mol. The van der Waals surface area contributed by atoms with Gasteiger partial charge in [0.1, 0.15) is 18.3 Å². The van der Waals surface area contributed by atoms with Gasteiger partial charge in [-0.3, -0.25) is 14.3 Å². The molecule has 2 aromatic heterocycles. The van der Waals surface area contributed by atoms with E-state index >= 15 is 0 Å². The van der Waals surface area contributed by atoms with Gasteiger partial charge in [0, 0.05) is 14.1 Å². The number of nitrogens with one attached hydrogen (secondary N) is 1. The number of imidazole rings is 1. The molecule has 13 heteroatoms. The van der Waals surface area contributed by atoms with E-state index in [-0.39, 0.29) is 38.4 Å². The molecule has 0 unspecified atom stereocenters. The Kier molecular flexibility index (Phi) is 9.89. The Morgan fingerprint density at radius 3 is 1.81 bits per heavy atom. The second kappa shape index (κ2) is 11.8. The molecular formula is C30H59N5O5Si3. The molecular weight excluding hydrogens is 595 g/mol. The predicted octanol–water partition coefficient (Wildman–Crippen LogP) is 6.89. The second-order valence-electron chi connectivity index (χ2n) is 16.9. The van der Waals surface area contributed by atoms with E-state index in [2.05, 4.69) is 112 Å². The molecule has 3 heterocycles. The van der Waals surface area contributed by atoms with Crippen molar-refractivity contribution < 1.29 is 18.0 Å². The van der Waals surface area contributed by atoms with Crippen molar-refractivity contribution in [2.75, 3.05) is 25.6 Å². The number of ether oxygens (including phenoxy) is 1. The van der Waals surface area contributed by atoms with Crippen molar-refractivity contribution in [2.45, 2.75) is 141 Å². The monoisotopic (exact) mass is 653 g/mol. The quantitative estimate of drug-likeness (QED) is 0.292. The van der Waals surface area contributed by atoms with Crippen LogP contribution in [0.3, 0.4) is 0 Å². The van der Waals surface area contributed by atoms with Crippen molar-refractivity contribution >= 4 is 42.1 Å². The molecule has 43 heavy (non-hydrogen) atoms. The number of H-pyrrole nitrogens is 1. The normalized spacial score (nSPS) is 22.9. The van der Waals surface area contributed by atoms with Crippen molar-refractivity contribution in [3.8, 4) is 0 Å². The minimum atomic E-state index is -2.32. The molecule has 3 rings (SSSR count). The van der Waals surface area contributed by atoms with Gasteiger partial charge in [0.2, 0.25) is 5.95 Å². The van der Waals surface area contributed by atoms with E-state index in [4.69, 9.17) is 23.0 Å². The van der Waals surface area contributed by atoms with Crippen LogP contribution < -0.4 is 10.5 Å². The van der Waals surface area contributed by atoms with Crippen molar-refractivity contribution in [1.29, 1.82) is 0 Å². The summed E-state index contributed by atoms with van der Waals surface area (Å²) in [4.78, 5) is 26.9. The molecule has 0 aromatic carbocycles. The average Bonchev–Trinajstić information content (AvgIpc) is 3.37. The van der Waals surface area contributed by atoms with Crippen LogP contribution >= 0.6 is 0 Å². The van der Waals surface area contributed by atoms with Crippen molar-refractivity contribution in [3.05, 3.63) is 16.7 Å². The standard InChI is InChI=1S/C30H59N5O5Si3/c1-28(2,3)41(12,13)37-18-20-22(39-42(14,15)29(4,5)6)23(40-43(16,17)30(7,8)9)26(38-20)35-19-31-21-24(35)32-27(34(10)11)33-25(21)36/h19-20,22-23,26H,18H2,1-17H3,(H,32,33,36)/t20-,22-,23-,26-/m1/s1. The third-order valence-electron chi connectivity index (χ3n) is 10.3. The highest BCUT2D eigenvalue weighted by molar-refractivity contribution is 6.75. The lowest BCUT2D eigenvalue weighted by Crippen LogP contribution is -2.54. The van der Waals surface area contributed by atoms with Gasteiger partial charge in [-0.1, -0.05) is 62.3 Å². The fourth-order valence-corrected chi connectivity index (χ4v) is 7.81. The highest BCUT2D eigenvalue weighted by Gasteiger charge is 2.55. The van der Waals surface area contributed by atoms with E-state index in [9.17, 15) is 4.79 Å². The summed E-state index contributed by atoms with van der Waals surface area (Å²) in [7, 11) is -3.00. The molecule has 1 saturated heterocycles. The van der Waals surface area contributed by atoms with Gasteiger partial charge in [0.15, 0.2) is 42.3 Å².